The molecule has 0 aliphatic rings. The highest BCUT2D eigenvalue weighted by Crippen LogP contribution is 2.28. The zero-order valence-electron chi connectivity index (χ0n) is 12.7. The van der Waals surface area contributed by atoms with Gasteiger partial charge < -0.3 is 5.73 Å². The third-order valence-corrected chi connectivity index (χ3v) is 4.89. The van der Waals surface area contributed by atoms with Crippen molar-refractivity contribution in [1.82, 2.24) is 9.97 Å². The summed E-state index contributed by atoms with van der Waals surface area (Å²) in [6.45, 7) is 4.14. The number of nitrogens with two attached hydrogens (primary N) is 1. The van der Waals surface area contributed by atoms with Gasteiger partial charge in [-0.2, -0.15) is 0 Å². The van der Waals surface area contributed by atoms with Crippen LogP contribution in [0.4, 0.5) is 5.82 Å². The molecule has 0 aliphatic heterocycles. The first kappa shape index (κ1) is 17.4. The van der Waals surface area contributed by atoms with Gasteiger partial charge in [-0.25, -0.2) is 9.97 Å². The predicted octanol–water partition coefficient (Wildman–Crippen LogP) is 5.31. The molecule has 0 radical (unpaired) electrons. The molecule has 22 heavy (non-hydrogen) atoms. The molecule has 0 bridgehead atoms. The summed E-state index contributed by atoms with van der Waals surface area (Å²) in [6.07, 6.45) is 3.17. The molecule has 6 heteroatoms. The van der Waals surface area contributed by atoms with Crippen LogP contribution in [-0.2, 0) is 12.2 Å². The van der Waals surface area contributed by atoms with Crippen molar-refractivity contribution in [1.29, 1.82) is 0 Å². The molecule has 0 atom stereocenters. The molecule has 1 heterocycles. The molecular weight excluding hydrogens is 337 g/mol. The summed E-state index contributed by atoms with van der Waals surface area (Å²) in [5.74, 6) is 1.25. The van der Waals surface area contributed by atoms with E-state index in [1.165, 1.54) is 11.8 Å². The fourth-order valence-electron chi connectivity index (χ4n) is 1.99. The van der Waals surface area contributed by atoms with E-state index < -0.39 is 0 Å². The molecule has 3 nitrogen and oxygen atoms in total. The Morgan fingerprint density at radius 1 is 1.23 bits per heavy atom. The first-order valence-corrected chi connectivity index (χ1v) is 8.95. The van der Waals surface area contributed by atoms with Gasteiger partial charge >= 0.3 is 0 Å². The molecule has 2 rings (SSSR count). The Hall–Kier alpha value is -0.970. The maximum absolute atomic E-state index is 6.19. The molecule has 1 aromatic heterocycles. The highest BCUT2D eigenvalue weighted by atomic mass is 35.5. The number of halogens is 2. The monoisotopic (exact) mass is 355 g/mol. The summed E-state index contributed by atoms with van der Waals surface area (Å²) in [6, 6.07) is 5.50. The Kier molecular flexibility index (Phi) is 6.36. The number of benzene rings is 1. The van der Waals surface area contributed by atoms with Crippen LogP contribution in [0.2, 0.25) is 10.0 Å². The van der Waals surface area contributed by atoms with Crippen molar-refractivity contribution in [2.24, 2.45) is 0 Å². The lowest BCUT2D eigenvalue weighted by molar-refractivity contribution is 0.751. The molecular formula is C16H19Cl2N3S. The topological polar surface area (TPSA) is 51.8 Å². The number of anilines is 1. The zero-order chi connectivity index (χ0) is 16.1. The van der Waals surface area contributed by atoms with E-state index in [0.717, 1.165) is 36.1 Å². The highest BCUT2D eigenvalue weighted by Gasteiger charge is 2.10. The van der Waals surface area contributed by atoms with Crippen LogP contribution in [0.25, 0.3) is 0 Å². The van der Waals surface area contributed by atoms with E-state index in [4.69, 9.17) is 28.9 Å². The Labute approximate surface area is 145 Å². The number of unbranched alkanes of at least 4 members (excludes halogenated alkanes) is 1. The highest BCUT2D eigenvalue weighted by molar-refractivity contribution is 7.98. The van der Waals surface area contributed by atoms with Crippen molar-refractivity contribution in [2.75, 3.05) is 5.73 Å². The summed E-state index contributed by atoms with van der Waals surface area (Å²) in [5, 5.41) is 1.99. The lowest BCUT2D eigenvalue weighted by Gasteiger charge is -2.10. The van der Waals surface area contributed by atoms with Gasteiger partial charge in [0, 0.05) is 21.4 Å². The molecule has 1 aromatic carbocycles. The van der Waals surface area contributed by atoms with Crippen LogP contribution in [0.1, 0.15) is 36.6 Å². The van der Waals surface area contributed by atoms with Crippen LogP contribution in [0.5, 0.6) is 0 Å². The Morgan fingerprint density at radius 2 is 2.00 bits per heavy atom. The Morgan fingerprint density at radius 3 is 2.68 bits per heavy atom. The van der Waals surface area contributed by atoms with Crippen molar-refractivity contribution in [3.8, 4) is 0 Å². The Balaban J connectivity index is 2.13. The minimum absolute atomic E-state index is 0.561. The van der Waals surface area contributed by atoms with Gasteiger partial charge in [-0.1, -0.05) is 54.4 Å². The average Bonchev–Trinajstić information content (AvgIpc) is 2.48. The van der Waals surface area contributed by atoms with E-state index in [-0.39, 0.29) is 0 Å². The third kappa shape index (κ3) is 4.51. The molecule has 0 unspecified atom stereocenters. The maximum atomic E-state index is 6.19. The molecule has 118 valence electrons. The van der Waals surface area contributed by atoms with Gasteiger partial charge in [-0.3, -0.25) is 0 Å². The lowest BCUT2D eigenvalue weighted by atomic mass is 10.1. The van der Waals surface area contributed by atoms with Gasteiger partial charge in [0.15, 0.2) is 5.16 Å². The van der Waals surface area contributed by atoms with Crippen LogP contribution in [0.15, 0.2) is 23.4 Å². The molecule has 0 fully saturated rings. The second-order valence-corrected chi connectivity index (χ2v) is 6.88. The van der Waals surface area contributed by atoms with Crippen molar-refractivity contribution >= 4 is 40.8 Å². The number of hydrogen-bond acceptors (Lipinski definition) is 4. The number of rotatable bonds is 6. The first-order valence-electron chi connectivity index (χ1n) is 7.21. The number of nitrogen functional groups attached to an aromatic ring is 1. The summed E-state index contributed by atoms with van der Waals surface area (Å²) in [5.41, 5.74) is 9.04. The largest absolute Gasteiger partial charge is 0.383 e. The molecule has 0 aliphatic carbocycles. The van der Waals surface area contributed by atoms with Gasteiger partial charge in [-0.05, 0) is 37.5 Å². The number of thioether (sulfide) groups is 1. The average molecular weight is 356 g/mol. The summed E-state index contributed by atoms with van der Waals surface area (Å²) >= 11 is 13.6. The molecule has 2 N–H and O–H groups in total. The third-order valence-electron chi connectivity index (χ3n) is 3.40. The van der Waals surface area contributed by atoms with Crippen LogP contribution in [-0.4, -0.2) is 9.97 Å². The van der Waals surface area contributed by atoms with Crippen LogP contribution in [0.3, 0.4) is 0 Å². The molecule has 0 spiro atoms. The van der Waals surface area contributed by atoms with E-state index in [0.29, 0.717) is 26.8 Å². The predicted molar refractivity (Wildman–Crippen MR) is 95.8 cm³/mol. The first-order chi connectivity index (χ1) is 10.5. The molecule has 2 aromatic rings. The number of nitrogens with zero attached hydrogens (tertiary/aromatic N) is 2. The molecule has 0 amide bonds. The second-order valence-electron chi connectivity index (χ2n) is 5.09. The summed E-state index contributed by atoms with van der Waals surface area (Å²) in [4.78, 5) is 9.00. The van der Waals surface area contributed by atoms with Crippen molar-refractivity contribution < 1.29 is 0 Å². The summed E-state index contributed by atoms with van der Waals surface area (Å²) in [7, 11) is 0. The fraction of sp³-hybridized carbons (Fsp3) is 0.375. The van der Waals surface area contributed by atoms with Gasteiger partial charge in [0.25, 0.3) is 0 Å². The van der Waals surface area contributed by atoms with E-state index in [1.54, 1.807) is 6.07 Å². The quantitative estimate of drug-likeness (QED) is 0.563. The van der Waals surface area contributed by atoms with Gasteiger partial charge in [0.2, 0.25) is 0 Å². The SMILES string of the molecule is CCCCc1nc(SCc2ccc(Cl)cc2Cl)nc(N)c1C. The molecule has 0 saturated carbocycles. The molecule has 0 saturated heterocycles. The number of hydrogen-bond donors (Lipinski definition) is 1. The summed E-state index contributed by atoms with van der Waals surface area (Å²) < 4.78 is 0. The van der Waals surface area contributed by atoms with Crippen LogP contribution < -0.4 is 5.73 Å². The zero-order valence-corrected chi connectivity index (χ0v) is 15.0. The number of aryl methyl sites for hydroxylation is 1. The van der Waals surface area contributed by atoms with Crippen molar-refractivity contribution in [2.45, 2.75) is 44.0 Å². The lowest BCUT2D eigenvalue weighted by Crippen LogP contribution is -2.04. The maximum Gasteiger partial charge on any atom is 0.190 e. The van der Waals surface area contributed by atoms with Crippen LogP contribution >= 0.6 is 35.0 Å². The normalized spacial score (nSPS) is 10.9. The van der Waals surface area contributed by atoms with Crippen molar-refractivity contribution in [3.05, 3.63) is 45.1 Å². The van der Waals surface area contributed by atoms with E-state index in [9.17, 15) is 0 Å². The van der Waals surface area contributed by atoms with E-state index in [2.05, 4.69) is 16.9 Å². The Bertz CT molecular complexity index is 662. The van der Waals surface area contributed by atoms with E-state index in [1.807, 2.05) is 19.1 Å². The minimum Gasteiger partial charge on any atom is -0.383 e. The second kappa shape index (κ2) is 8.04. The number of aromatic nitrogens is 2. The van der Waals surface area contributed by atoms with Gasteiger partial charge in [0.05, 0.1) is 5.69 Å². The van der Waals surface area contributed by atoms with Crippen molar-refractivity contribution in [3.63, 3.8) is 0 Å². The van der Waals surface area contributed by atoms with E-state index >= 15 is 0 Å². The van der Waals surface area contributed by atoms with Gasteiger partial charge in [0.1, 0.15) is 5.82 Å². The fourth-order valence-corrected chi connectivity index (χ4v) is 3.42. The minimum atomic E-state index is 0.561. The van der Waals surface area contributed by atoms with Gasteiger partial charge in [-0.15, -0.1) is 0 Å². The van der Waals surface area contributed by atoms with Crippen LogP contribution in [0, 0.1) is 6.92 Å². The smallest absolute Gasteiger partial charge is 0.190 e. The standard InChI is InChI=1S/C16H19Cl2N3S/c1-3-4-5-14-10(2)15(19)21-16(20-14)22-9-11-6-7-12(17)8-13(11)18/h6-8H,3-5,9H2,1-2H3,(H2,19,20,21).